The van der Waals surface area contributed by atoms with Gasteiger partial charge in [0.2, 0.25) is 10.0 Å². The van der Waals surface area contributed by atoms with Crippen molar-refractivity contribution in [1.29, 1.82) is 0 Å². The van der Waals surface area contributed by atoms with Gasteiger partial charge in [0, 0.05) is 12.1 Å². The first-order valence-electron chi connectivity index (χ1n) is 5.48. The minimum absolute atomic E-state index is 0.00528. The van der Waals surface area contributed by atoms with Crippen LogP contribution in [0, 0.1) is 0 Å². The van der Waals surface area contributed by atoms with Crippen LogP contribution in [0.5, 0.6) is 0 Å². The minimum atomic E-state index is -3.82. The molecule has 0 spiro atoms. The number of pyridine rings is 1. The van der Waals surface area contributed by atoms with Gasteiger partial charge >= 0.3 is 0 Å². The molecule has 2 N–H and O–H groups in total. The Labute approximate surface area is 106 Å². The number of primary sulfonamides is 1. The SMILES string of the molecule is NS(=O)(=O)c1cccnc1C1CCS(=O)(=O)CC1. The number of sulfone groups is 1. The van der Waals surface area contributed by atoms with Crippen molar-refractivity contribution in [3.8, 4) is 0 Å². The summed E-state index contributed by atoms with van der Waals surface area (Å²) in [7, 11) is -6.80. The number of nitrogens with two attached hydrogens (primary N) is 1. The highest BCUT2D eigenvalue weighted by atomic mass is 32.2. The maximum absolute atomic E-state index is 11.4. The summed E-state index contributed by atoms with van der Waals surface area (Å²) in [6.07, 6.45) is 2.27. The van der Waals surface area contributed by atoms with E-state index in [4.69, 9.17) is 5.14 Å². The van der Waals surface area contributed by atoms with Crippen molar-refractivity contribution in [1.82, 2.24) is 4.98 Å². The van der Waals surface area contributed by atoms with Gasteiger partial charge < -0.3 is 0 Å². The fourth-order valence-electron chi connectivity index (χ4n) is 2.11. The second-order valence-corrected chi connectivity index (χ2v) is 8.19. The molecule has 0 saturated carbocycles. The van der Waals surface area contributed by atoms with E-state index >= 15 is 0 Å². The Bertz CT molecular complexity index is 638. The molecular weight excluding hydrogens is 276 g/mol. The lowest BCUT2D eigenvalue weighted by Gasteiger charge is -2.22. The zero-order valence-corrected chi connectivity index (χ0v) is 11.2. The molecule has 0 aromatic carbocycles. The van der Waals surface area contributed by atoms with E-state index in [0.29, 0.717) is 18.5 Å². The molecule has 1 aromatic rings. The smallest absolute Gasteiger partial charge is 0.239 e. The normalized spacial score (nSPS) is 20.7. The number of hydrogen-bond donors (Lipinski definition) is 1. The largest absolute Gasteiger partial charge is 0.260 e. The van der Waals surface area contributed by atoms with E-state index in [1.165, 1.54) is 18.3 Å². The van der Waals surface area contributed by atoms with Crippen molar-refractivity contribution in [2.75, 3.05) is 11.5 Å². The highest BCUT2D eigenvalue weighted by molar-refractivity contribution is 7.91. The van der Waals surface area contributed by atoms with E-state index in [0.717, 1.165) is 0 Å². The molecule has 8 heteroatoms. The van der Waals surface area contributed by atoms with E-state index in [1.807, 2.05) is 0 Å². The molecule has 1 aromatic heterocycles. The van der Waals surface area contributed by atoms with Gasteiger partial charge in [0.25, 0.3) is 0 Å². The Morgan fingerprint density at radius 3 is 2.44 bits per heavy atom. The molecule has 2 heterocycles. The van der Waals surface area contributed by atoms with Crippen molar-refractivity contribution >= 4 is 19.9 Å². The lowest BCUT2D eigenvalue weighted by Crippen LogP contribution is -2.25. The van der Waals surface area contributed by atoms with Gasteiger partial charge in [-0.2, -0.15) is 0 Å². The molecule has 1 saturated heterocycles. The predicted molar refractivity (Wildman–Crippen MR) is 66.2 cm³/mol. The van der Waals surface area contributed by atoms with Crippen LogP contribution in [-0.2, 0) is 19.9 Å². The Balaban J connectivity index is 2.36. The first kappa shape index (κ1) is 13.4. The summed E-state index contributed by atoms with van der Waals surface area (Å²) in [4.78, 5) is 4.06. The number of hydrogen-bond acceptors (Lipinski definition) is 5. The standard InChI is InChI=1S/C10H14N2O4S2/c11-18(15,16)9-2-1-5-12-10(9)8-3-6-17(13,14)7-4-8/h1-2,5,8H,3-4,6-7H2,(H2,11,15,16). The molecular formula is C10H14N2O4S2. The molecule has 2 rings (SSSR count). The number of rotatable bonds is 2. The first-order valence-corrected chi connectivity index (χ1v) is 8.84. The van der Waals surface area contributed by atoms with Gasteiger partial charge in [-0.3, -0.25) is 4.98 Å². The third kappa shape index (κ3) is 2.88. The van der Waals surface area contributed by atoms with Gasteiger partial charge in [-0.15, -0.1) is 0 Å². The zero-order chi connectivity index (χ0) is 13.4. The zero-order valence-electron chi connectivity index (χ0n) is 9.61. The summed E-state index contributed by atoms with van der Waals surface area (Å²) >= 11 is 0. The molecule has 0 aliphatic carbocycles. The minimum Gasteiger partial charge on any atom is -0.260 e. The van der Waals surface area contributed by atoms with Crippen molar-refractivity contribution in [2.24, 2.45) is 5.14 Å². The van der Waals surface area contributed by atoms with Crippen LogP contribution in [0.1, 0.15) is 24.5 Å². The van der Waals surface area contributed by atoms with Gasteiger partial charge in [0.15, 0.2) is 0 Å². The molecule has 100 valence electrons. The van der Waals surface area contributed by atoms with E-state index in [9.17, 15) is 16.8 Å². The van der Waals surface area contributed by atoms with Gasteiger partial charge in [-0.1, -0.05) is 0 Å². The molecule has 1 aliphatic heterocycles. The highest BCUT2D eigenvalue weighted by Crippen LogP contribution is 2.31. The van der Waals surface area contributed by atoms with E-state index < -0.39 is 19.9 Å². The van der Waals surface area contributed by atoms with Gasteiger partial charge in [-0.25, -0.2) is 22.0 Å². The molecule has 6 nitrogen and oxygen atoms in total. The van der Waals surface area contributed by atoms with Crippen LogP contribution in [0.25, 0.3) is 0 Å². The number of nitrogens with zero attached hydrogens (tertiary/aromatic N) is 1. The Morgan fingerprint density at radius 1 is 1.28 bits per heavy atom. The fourth-order valence-corrected chi connectivity index (χ4v) is 4.38. The molecule has 1 aliphatic rings. The van der Waals surface area contributed by atoms with Crippen LogP contribution in [0.3, 0.4) is 0 Å². The second-order valence-electron chi connectivity index (χ2n) is 4.36. The predicted octanol–water partition coefficient (Wildman–Crippen LogP) is 0.0212. The quantitative estimate of drug-likeness (QED) is 0.826. The van der Waals surface area contributed by atoms with E-state index in [2.05, 4.69) is 4.98 Å². The van der Waals surface area contributed by atoms with Crippen LogP contribution in [0.4, 0.5) is 0 Å². The first-order chi connectivity index (χ1) is 8.30. The maximum atomic E-state index is 11.4. The van der Waals surface area contributed by atoms with Gasteiger partial charge in [-0.05, 0) is 25.0 Å². The van der Waals surface area contributed by atoms with Crippen LogP contribution in [0.2, 0.25) is 0 Å². The van der Waals surface area contributed by atoms with E-state index in [-0.39, 0.29) is 22.3 Å². The van der Waals surface area contributed by atoms with Crippen LogP contribution in [0.15, 0.2) is 23.2 Å². The topological polar surface area (TPSA) is 107 Å². The summed E-state index contributed by atoms with van der Waals surface area (Å²) in [5.41, 5.74) is 0.384. The maximum Gasteiger partial charge on any atom is 0.239 e. The highest BCUT2D eigenvalue weighted by Gasteiger charge is 2.29. The molecule has 0 unspecified atom stereocenters. The number of sulfonamides is 1. The fraction of sp³-hybridized carbons (Fsp3) is 0.500. The average molecular weight is 290 g/mol. The van der Waals surface area contributed by atoms with Gasteiger partial charge in [0.1, 0.15) is 14.7 Å². The lowest BCUT2D eigenvalue weighted by atomic mass is 9.98. The molecule has 0 bridgehead atoms. The van der Waals surface area contributed by atoms with Crippen LogP contribution >= 0.6 is 0 Å². The number of aromatic nitrogens is 1. The van der Waals surface area contributed by atoms with Crippen molar-refractivity contribution in [2.45, 2.75) is 23.7 Å². The molecule has 0 amide bonds. The summed E-state index contributed by atoms with van der Waals surface area (Å²) < 4.78 is 45.6. The Kier molecular flexibility index (Phi) is 3.43. The third-order valence-electron chi connectivity index (χ3n) is 3.05. The van der Waals surface area contributed by atoms with Gasteiger partial charge in [0.05, 0.1) is 17.2 Å². The van der Waals surface area contributed by atoms with Crippen molar-refractivity contribution in [3.05, 3.63) is 24.0 Å². The average Bonchev–Trinajstić information content (AvgIpc) is 2.28. The van der Waals surface area contributed by atoms with Crippen molar-refractivity contribution in [3.63, 3.8) is 0 Å². The summed E-state index contributed by atoms with van der Waals surface area (Å²) in [5, 5.41) is 5.13. The molecule has 1 fully saturated rings. The Morgan fingerprint density at radius 2 is 1.89 bits per heavy atom. The summed E-state index contributed by atoms with van der Waals surface area (Å²) in [5.74, 6) is -0.0283. The lowest BCUT2D eigenvalue weighted by molar-refractivity contribution is 0.537. The molecule has 18 heavy (non-hydrogen) atoms. The summed E-state index contributed by atoms with van der Waals surface area (Å²) in [6.45, 7) is 0. The molecule has 0 atom stereocenters. The Hall–Kier alpha value is -0.990. The second kappa shape index (κ2) is 4.60. The van der Waals surface area contributed by atoms with Crippen LogP contribution < -0.4 is 5.14 Å². The summed E-state index contributed by atoms with van der Waals surface area (Å²) in [6, 6.07) is 2.91. The monoisotopic (exact) mass is 290 g/mol. The van der Waals surface area contributed by atoms with Crippen LogP contribution in [-0.4, -0.2) is 33.3 Å². The van der Waals surface area contributed by atoms with E-state index in [1.54, 1.807) is 0 Å². The third-order valence-corrected chi connectivity index (χ3v) is 5.72. The molecule has 0 radical (unpaired) electrons. The van der Waals surface area contributed by atoms with Crippen molar-refractivity contribution < 1.29 is 16.8 Å².